The van der Waals surface area contributed by atoms with E-state index in [1.54, 1.807) is 23.5 Å². The summed E-state index contributed by atoms with van der Waals surface area (Å²) in [6, 6.07) is 5.53. The van der Waals surface area contributed by atoms with Crippen LogP contribution in [0.4, 0.5) is 0 Å². The molecule has 0 aromatic carbocycles. The fourth-order valence-electron chi connectivity index (χ4n) is 3.79. The maximum atomic E-state index is 13.3. The maximum absolute atomic E-state index is 13.3. The highest BCUT2D eigenvalue weighted by Gasteiger charge is 2.34. The minimum absolute atomic E-state index is 0.0583. The molecule has 1 amide bonds. The van der Waals surface area contributed by atoms with Crippen molar-refractivity contribution in [1.82, 2.24) is 19.8 Å². The zero-order valence-corrected chi connectivity index (χ0v) is 18.7. The molecule has 7 nitrogen and oxygen atoms in total. The molecule has 0 saturated carbocycles. The number of allylic oxidation sites excluding steroid dienone is 1. The number of hydrogen-bond acceptors (Lipinski definition) is 6. The topological polar surface area (TPSA) is 78.8 Å². The van der Waals surface area contributed by atoms with Gasteiger partial charge in [0.25, 0.3) is 5.91 Å². The second kappa shape index (κ2) is 10.5. The van der Waals surface area contributed by atoms with Crippen LogP contribution in [0.25, 0.3) is 6.08 Å². The van der Waals surface area contributed by atoms with E-state index < -0.39 is 0 Å². The Kier molecular flexibility index (Phi) is 7.76. The van der Waals surface area contributed by atoms with Gasteiger partial charge in [0.2, 0.25) is 5.88 Å². The first kappa shape index (κ1) is 22.9. The van der Waals surface area contributed by atoms with Gasteiger partial charge in [-0.3, -0.25) is 14.7 Å². The average molecular weight is 425 g/mol. The molecule has 1 N–H and O–H groups in total. The van der Waals surface area contributed by atoms with Gasteiger partial charge in [0.05, 0.1) is 12.6 Å². The zero-order valence-electron chi connectivity index (χ0n) is 18.7. The third kappa shape index (κ3) is 5.68. The maximum Gasteiger partial charge on any atom is 0.259 e. The molecule has 31 heavy (non-hydrogen) atoms. The van der Waals surface area contributed by atoms with Crippen LogP contribution in [-0.2, 0) is 6.54 Å². The van der Waals surface area contributed by atoms with E-state index in [2.05, 4.69) is 28.8 Å². The summed E-state index contributed by atoms with van der Waals surface area (Å²) in [5.74, 6) is 0.246. The summed E-state index contributed by atoms with van der Waals surface area (Å²) in [7, 11) is 2.05. The standard InChI is InChI=1S/C24H32N4O3/c1-5-6-20-11-21-23(26-12-20)31-22(15-27(4)14-19-7-9-25-10-8-19)17(2)13-28(24(21)30)18(3)16-29/h5-12,17-18,22,29H,13-16H2,1-4H3/b6-5+/t17-,18-,22-/m0/s1. The van der Waals surface area contributed by atoms with Crippen molar-refractivity contribution in [3.8, 4) is 5.88 Å². The normalized spacial score (nSPS) is 20.3. The van der Waals surface area contributed by atoms with Gasteiger partial charge >= 0.3 is 0 Å². The SMILES string of the molecule is C/C=C/c1cnc2c(c1)C(=O)N([C@@H](C)CO)C[C@H](C)[C@H](CN(C)Cc1ccncc1)O2. The molecule has 0 unspecified atom stereocenters. The van der Waals surface area contributed by atoms with E-state index in [9.17, 15) is 9.90 Å². The summed E-state index contributed by atoms with van der Waals surface area (Å²) in [6.07, 6.45) is 8.95. The highest BCUT2D eigenvalue weighted by atomic mass is 16.5. The molecule has 3 rings (SSSR count). The highest BCUT2D eigenvalue weighted by molar-refractivity contribution is 5.97. The second-order valence-electron chi connectivity index (χ2n) is 8.30. The Morgan fingerprint density at radius 3 is 2.81 bits per heavy atom. The molecule has 1 aliphatic rings. The molecule has 0 spiro atoms. The monoisotopic (exact) mass is 424 g/mol. The largest absolute Gasteiger partial charge is 0.472 e. The van der Waals surface area contributed by atoms with E-state index in [-0.39, 0.29) is 30.6 Å². The van der Waals surface area contributed by atoms with Gasteiger partial charge in [-0.05, 0) is 50.2 Å². The predicted octanol–water partition coefficient (Wildman–Crippen LogP) is 2.86. The summed E-state index contributed by atoms with van der Waals surface area (Å²) >= 11 is 0. The molecule has 2 aromatic rings. The van der Waals surface area contributed by atoms with Crippen LogP contribution < -0.4 is 4.74 Å². The molecule has 3 heterocycles. The quantitative estimate of drug-likeness (QED) is 0.736. The van der Waals surface area contributed by atoms with Crippen molar-refractivity contribution in [2.45, 2.75) is 39.5 Å². The lowest BCUT2D eigenvalue weighted by Gasteiger charge is -2.37. The zero-order chi connectivity index (χ0) is 22.4. The van der Waals surface area contributed by atoms with E-state index in [0.29, 0.717) is 24.5 Å². The number of ether oxygens (including phenoxy) is 1. The molecule has 0 saturated heterocycles. The Morgan fingerprint density at radius 1 is 1.39 bits per heavy atom. The van der Waals surface area contributed by atoms with Gasteiger partial charge in [-0.25, -0.2) is 4.98 Å². The van der Waals surface area contributed by atoms with Crippen LogP contribution in [0, 0.1) is 5.92 Å². The number of nitrogens with zero attached hydrogens (tertiary/aromatic N) is 4. The number of likely N-dealkylation sites (N-methyl/N-ethyl adjacent to an activating group) is 1. The minimum Gasteiger partial charge on any atom is -0.472 e. The van der Waals surface area contributed by atoms with E-state index in [1.807, 2.05) is 44.2 Å². The van der Waals surface area contributed by atoms with Crippen molar-refractivity contribution >= 4 is 12.0 Å². The molecular formula is C24H32N4O3. The highest BCUT2D eigenvalue weighted by Crippen LogP contribution is 2.27. The molecule has 7 heteroatoms. The lowest BCUT2D eigenvalue weighted by molar-refractivity contribution is 0.0325. The summed E-state index contributed by atoms with van der Waals surface area (Å²) in [4.78, 5) is 25.8. The van der Waals surface area contributed by atoms with E-state index >= 15 is 0 Å². The fourth-order valence-corrected chi connectivity index (χ4v) is 3.79. The molecule has 3 atom stereocenters. The molecule has 0 bridgehead atoms. The summed E-state index contributed by atoms with van der Waals surface area (Å²) in [5, 5.41) is 9.75. The van der Waals surface area contributed by atoms with Crippen LogP contribution in [0.15, 0.2) is 42.9 Å². The first-order valence-electron chi connectivity index (χ1n) is 10.7. The number of carbonyl (C=O) groups is 1. The number of aliphatic hydroxyl groups is 1. The van der Waals surface area contributed by atoms with Crippen LogP contribution >= 0.6 is 0 Å². The molecule has 0 fully saturated rings. The Morgan fingerprint density at radius 2 is 2.13 bits per heavy atom. The summed E-state index contributed by atoms with van der Waals surface area (Å²) in [5.41, 5.74) is 2.45. The van der Waals surface area contributed by atoms with Crippen LogP contribution in [0.2, 0.25) is 0 Å². The summed E-state index contributed by atoms with van der Waals surface area (Å²) < 4.78 is 6.32. The summed E-state index contributed by atoms with van der Waals surface area (Å²) in [6.45, 7) is 7.72. The minimum atomic E-state index is -0.290. The van der Waals surface area contributed by atoms with Crippen molar-refractivity contribution in [3.05, 3.63) is 59.6 Å². The van der Waals surface area contributed by atoms with Crippen LogP contribution in [0.3, 0.4) is 0 Å². The number of rotatable bonds is 7. The second-order valence-corrected chi connectivity index (χ2v) is 8.30. The molecule has 1 aliphatic heterocycles. The Hall–Kier alpha value is -2.77. The van der Waals surface area contributed by atoms with Crippen LogP contribution in [0.5, 0.6) is 5.88 Å². The van der Waals surface area contributed by atoms with Crippen molar-refractivity contribution in [2.75, 3.05) is 26.7 Å². The lowest BCUT2D eigenvalue weighted by atomic mass is 9.99. The number of hydrogen-bond donors (Lipinski definition) is 1. The van der Waals surface area contributed by atoms with Gasteiger partial charge in [-0.2, -0.15) is 0 Å². The van der Waals surface area contributed by atoms with Gasteiger partial charge in [-0.15, -0.1) is 0 Å². The number of aliphatic hydroxyl groups excluding tert-OH is 1. The smallest absolute Gasteiger partial charge is 0.259 e. The number of carbonyl (C=O) groups excluding carboxylic acids is 1. The van der Waals surface area contributed by atoms with Crippen molar-refractivity contribution in [3.63, 3.8) is 0 Å². The van der Waals surface area contributed by atoms with Gasteiger partial charge in [0.15, 0.2) is 0 Å². The van der Waals surface area contributed by atoms with Gasteiger partial charge in [0.1, 0.15) is 11.7 Å². The van der Waals surface area contributed by atoms with E-state index in [1.165, 1.54) is 5.56 Å². The van der Waals surface area contributed by atoms with Crippen LogP contribution in [-0.4, -0.2) is 69.7 Å². The van der Waals surface area contributed by atoms with E-state index in [4.69, 9.17) is 4.74 Å². The number of fused-ring (bicyclic) bond motifs is 1. The van der Waals surface area contributed by atoms with Crippen LogP contribution in [0.1, 0.15) is 42.3 Å². The van der Waals surface area contributed by atoms with E-state index in [0.717, 1.165) is 12.1 Å². The molecular weight excluding hydrogens is 392 g/mol. The average Bonchev–Trinajstić information content (AvgIpc) is 2.77. The van der Waals surface area contributed by atoms with Crippen molar-refractivity contribution < 1.29 is 14.6 Å². The Bertz CT molecular complexity index is 903. The van der Waals surface area contributed by atoms with Gasteiger partial charge < -0.3 is 14.7 Å². The third-order valence-corrected chi connectivity index (χ3v) is 5.59. The fraction of sp³-hybridized carbons (Fsp3) is 0.458. The molecule has 166 valence electrons. The van der Waals surface area contributed by atoms with Gasteiger partial charge in [-0.1, -0.05) is 19.1 Å². The predicted molar refractivity (Wildman–Crippen MR) is 121 cm³/mol. The Balaban J connectivity index is 1.89. The third-order valence-electron chi connectivity index (χ3n) is 5.59. The number of aromatic nitrogens is 2. The molecule has 0 aliphatic carbocycles. The molecule has 0 radical (unpaired) electrons. The lowest BCUT2D eigenvalue weighted by Crippen LogP contribution is -2.49. The van der Waals surface area contributed by atoms with Crippen molar-refractivity contribution in [2.24, 2.45) is 5.92 Å². The molecule has 2 aromatic heterocycles. The number of pyridine rings is 2. The first-order chi connectivity index (χ1) is 14.9. The number of amides is 1. The van der Waals surface area contributed by atoms with Gasteiger partial charge in [0, 0.05) is 44.1 Å². The Labute approximate surface area is 184 Å². The van der Waals surface area contributed by atoms with Crippen molar-refractivity contribution in [1.29, 1.82) is 0 Å². The first-order valence-corrected chi connectivity index (χ1v) is 10.7.